The summed E-state index contributed by atoms with van der Waals surface area (Å²) in [5.74, 6) is 0. The molecule has 0 bridgehead atoms. The van der Waals surface area contributed by atoms with Crippen LogP contribution in [0, 0.1) is 0 Å². The van der Waals surface area contributed by atoms with Crippen LogP contribution >= 0.6 is 0 Å². The van der Waals surface area contributed by atoms with Gasteiger partial charge in [-0.15, -0.1) is 0 Å². The van der Waals surface area contributed by atoms with Crippen LogP contribution < -0.4 is 0 Å². The van der Waals surface area contributed by atoms with E-state index in [4.69, 9.17) is 0 Å². The summed E-state index contributed by atoms with van der Waals surface area (Å²) < 4.78 is 0. The highest BCUT2D eigenvalue weighted by molar-refractivity contribution is 4.81. The first-order chi connectivity index (χ1) is 5.54. The molecule has 1 aliphatic rings. The van der Waals surface area contributed by atoms with Gasteiger partial charge in [-0.2, -0.15) is 0 Å². The number of nitrogens with zero attached hydrogens (tertiary/aromatic N) is 2. The van der Waals surface area contributed by atoms with Crippen LogP contribution in [0.3, 0.4) is 0 Å². The normalized spacial score (nSPS) is 21.2. The van der Waals surface area contributed by atoms with E-state index in [1.54, 1.807) is 0 Å². The lowest BCUT2D eigenvalue weighted by Crippen LogP contribution is -2.53. The number of rotatable bonds is 1. The van der Waals surface area contributed by atoms with Crippen molar-refractivity contribution < 1.29 is 0 Å². The molecular weight excluding hydrogens is 160 g/mol. The molecule has 0 aromatic carbocycles. The Morgan fingerprint density at radius 1 is 1.00 bits per heavy atom. The van der Waals surface area contributed by atoms with Crippen LogP contribution in [0.2, 0.25) is 0 Å². The van der Waals surface area contributed by atoms with E-state index in [-0.39, 0.29) is 7.43 Å². The minimum Gasteiger partial charge on any atom is -0.301 e. The van der Waals surface area contributed by atoms with Crippen LogP contribution in [0.15, 0.2) is 0 Å². The fraction of sp³-hybridized carbons (Fsp3) is 1.00. The van der Waals surface area contributed by atoms with E-state index in [9.17, 15) is 0 Å². The van der Waals surface area contributed by atoms with Crippen molar-refractivity contribution in [1.29, 1.82) is 0 Å². The highest BCUT2D eigenvalue weighted by Gasteiger charge is 2.24. The molecule has 1 saturated heterocycles. The molecule has 0 aliphatic carbocycles. The molecule has 0 N–H and O–H groups in total. The second-order valence-electron chi connectivity index (χ2n) is 4.59. The smallest absolute Gasteiger partial charge is 0.0126 e. The summed E-state index contributed by atoms with van der Waals surface area (Å²) in [5, 5.41) is 0. The molecule has 0 radical (unpaired) electrons. The van der Waals surface area contributed by atoms with Crippen LogP contribution in [0.4, 0.5) is 0 Å². The van der Waals surface area contributed by atoms with Crippen molar-refractivity contribution in [2.75, 3.05) is 32.7 Å². The molecule has 2 heteroatoms. The third kappa shape index (κ3) is 3.65. The molecule has 1 rings (SSSR count). The fourth-order valence-corrected chi connectivity index (χ4v) is 1.73. The minimum absolute atomic E-state index is 0. The Kier molecular flexibility index (Phi) is 4.93. The average molecular weight is 186 g/mol. The summed E-state index contributed by atoms with van der Waals surface area (Å²) in [5.41, 5.74) is 0.361. The van der Waals surface area contributed by atoms with Gasteiger partial charge in [-0.3, -0.25) is 4.90 Å². The van der Waals surface area contributed by atoms with Crippen molar-refractivity contribution in [1.82, 2.24) is 9.80 Å². The third-order valence-electron chi connectivity index (χ3n) is 2.77. The summed E-state index contributed by atoms with van der Waals surface area (Å²) >= 11 is 0. The zero-order valence-electron chi connectivity index (χ0n) is 8.93. The molecule has 0 aromatic heterocycles. The topological polar surface area (TPSA) is 6.48 Å². The van der Waals surface area contributed by atoms with Gasteiger partial charge in [-0.1, -0.05) is 14.4 Å². The lowest BCUT2D eigenvalue weighted by molar-refractivity contribution is 0.0648. The first kappa shape index (κ1) is 12.9. The Balaban J connectivity index is 0.00000144. The number of piperazine rings is 1. The molecule has 13 heavy (non-hydrogen) atoms. The lowest BCUT2D eigenvalue weighted by atomic mass is 10.1. The highest BCUT2D eigenvalue weighted by atomic mass is 15.3. The quantitative estimate of drug-likeness (QED) is 0.618. The molecule has 1 fully saturated rings. The van der Waals surface area contributed by atoms with E-state index in [1.165, 1.54) is 32.7 Å². The van der Waals surface area contributed by atoms with Gasteiger partial charge in [-0.25, -0.2) is 0 Å². The maximum atomic E-state index is 2.57. The Morgan fingerprint density at radius 3 is 1.77 bits per heavy atom. The summed E-state index contributed by atoms with van der Waals surface area (Å²) in [6, 6.07) is 0. The third-order valence-corrected chi connectivity index (χ3v) is 2.77. The lowest BCUT2D eigenvalue weighted by Gasteiger charge is -2.42. The first-order valence-electron chi connectivity index (χ1n) is 5.01. The molecular formula is C11H26N2. The monoisotopic (exact) mass is 186 g/mol. The van der Waals surface area contributed by atoms with Crippen molar-refractivity contribution in [3.63, 3.8) is 0 Å². The van der Waals surface area contributed by atoms with Crippen molar-refractivity contribution in [3.8, 4) is 0 Å². The molecule has 80 valence electrons. The SMILES string of the molecule is C.CCN1CCN(C(C)(C)C)CC1. The van der Waals surface area contributed by atoms with Crippen molar-refractivity contribution >= 4 is 0 Å². The predicted octanol–water partition coefficient (Wildman–Crippen LogP) is 2.06. The van der Waals surface area contributed by atoms with E-state index < -0.39 is 0 Å². The molecule has 0 saturated carbocycles. The summed E-state index contributed by atoms with van der Waals surface area (Å²) in [6.45, 7) is 15.3. The van der Waals surface area contributed by atoms with Gasteiger partial charge in [0.1, 0.15) is 0 Å². The van der Waals surface area contributed by atoms with Gasteiger partial charge in [0.2, 0.25) is 0 Å². The molecule has 1 aliphatic heterocycles. The van der Waals surface area contributed by atoms with Gasteiger partial charge in [0.25, 0.3) is 0 Å². The second-order valence-corrected chi connectivity index (χ2v) is 4.59. The standard InChI is InChI=1S/C10H22N2.CH4/c1-5-11-6-8-12(9-7-11)10(2,3)4;/h5-9H2,1-4H3;1H4. The van der Waals surface area contributed by atoms with Crippen molar-refractivity contribution in [3.05, 3.63) is 0 Å². The molecule has 2 nitrogen and oxygen atoms in total. The molecule has 0 atom stereocenters. The zero-order chi connectivity index (χ0) is 9.19. The largest absolute Gasteiger partial charge is 0.301 e. The Hall–Kier alpha value is -0.0800. The van der Waals surface area contributed by atoms with E-state index in [2.05, 4.69) is 37.5 Å². The van der Waals surface area contributed by atoms with Gasteiger partial charge in [-0.05, 0) is 27.3 Å². The molecule has 0 amide bonds. The van der Waals surface area contributed by atoms with Gasteiger partial charge in [0.15, 0.2) is 0 Å². The first-order valence-corrected chi connectivity index (χ1v) is 5.01. The van der Waals surface area contributed by atoms with E-state index >= 15 is 0 Å². The Morgan fingerprint density at radius 2 is 1.46 bits per heavy atom. The van der Waals surface area contributed by atoms with Crippen molar-refractivity contribution in [2.45, 2.75) is 40.7 Å². The molecule has 0 unspecified atom stereocenters. The maximum absolute atomic E-state index is 2.57. The molecule has 0 spiro atoms. The van der Waals surface area contributed by atoms with Gasteiger partial charge < -0.3 is 4.90 Å². The average Bonchev–Trinajstić information content (AvgIpc) is 2.03. The summed E-state index contributed by atoms with van der Waals surface area (Å²) in [4.78, 5) is 5.08. The van der Waals surface area contributed by atoms with Crippen molar-refractivity contribution in [2.24, 2.45) is 0 Å². The molecule has 1 heterocycles. The van der Waals surface area contributed by atoms with E-state index in [0.29, 0.717) is 5.54 Å². The zero-order valence-corrected chi connectivity index (χ0v) is 8.93. The van der Waals surface area contributed by atoms with Crippen LogP contribution in [0.25, 0.3) is 0 Å². The number of likely N-dealkylation sites (N-methyl/N-ethyl adjacent to an activating group) is 1. The Bertz CT molecular complexity index is 130. The minimum atomic E-state index is 0. The summed E-state index contributed by atoms with van der Waals surface area (Å²) in [7, 11) is 0. The molecule has 0 aromatic rings. The summed E-state index contributed by atoms with van der Waals surface area (Å²) in [6.07, 6.45) is 0. The van der Waals surface area contributed by atoms with Gasteiger partial charge in [0.05, 0.1) is 0 Å². The highest BCUT2D eigenvalue weighted by Crippen LogP contribution is 2.15. The van der Waals surface area contributed by atoms with Crippen LogP contribution in [0.5, 0.6) is 0 Å². The number of hydrogen-bond acceptors (Lipinski definition) is 2. The maximum Gasteiger partial charge on any atom is 0.0126 e. The van der Waals surface area contributed by atoms with Crippen LogP contribution in [0.1, 0.15) is 35.1 Å². The van der Waals surface area contributed by atoms with Gasteiger partial charge in [0, 0.05) is 31.7 Å². The van der Waals surface area contributed by atoms with E-state index in [1.807, 2.05) is 0 Å². The van der Waals surface area contributed by atoms with Gasteiger partial charge >= 0.3 is 0 Å². The fourth-order valence-electron chi connectivity index (χ4n) is 1.73. The van der Waals surface area contributed by atoms with E-state index in [0.717, 1.165) is 0 Å². The van der Waals surface area contributed by atoms with Crippen LogP contribution in [-0.2, 0) is 0 Å². The van der Waals surface area contributed by atoms with Crippen LogP contribution in [-0.4, -0.2) is 48.1 Å². The second kappa shape index (κ2) is 4.97. The number of hydrogen-bond donors (Lipinski definition) is 0. The Labute approximate surface area is 83.9 Å². The predicted molar refractivity (Wildman–Crippen MR) is 60.2 cm³/mol.